The van der Waals surface area contributed by atoms with E-state index in [2.05, 4.69) is 22.5 Å². The van der Waals surface area contributed by atoms with Crippen molar-refractivity contribution < 1.29 is 0 Å². The molecule has 1 atom stereocenters. The fourth-order valence-corrected chi connectivity index (χ4v) is 2.91. The lowest BCUT2D eigenvalue weighted by Crippen LogP contribution is -2.18. The van der Waals surface area contributed by atoms with E-state index < -0.39 is 0 Å². The van der Waals surface area contributed by atoms with E-state index in [1.165, 1.54) is 0 Å². The summed E-state index contributed by atoms with van der Waals surface area (Å²) in [5.41, 5.74) is 3.12. The highest BCUT2D eigenvalue weighted by Gasteiger charge is 2.19. The number of aryl methyl sites for hydroxylation is 1. The zero-order valence-electron chi connectivity index (χ0n) is 11.8. The molecule has 3 nitrogen and oxygen atoms in total. The summed E-state index contributed by atoms with van der Waals surface area (Å²) in [4.78, 5) is 0. The van der Waals surface area contributed by atoms with Crippen molar-refractivity contribution in [2.45, 2.75) is 6.04 Å². The number of benzene rings is 2. The van der Waals surface area contributed by atoms with Crippen molar-refractivity contribution in [3.05, 3.63) is 63.8 Å². The van der Waals surface area contributed by atoms with Crippen LogP contribution in [-0.2, 0) is 7.05 Å². The molecule has 0 aliphatic carbocycles. The lowest BCUT2D eigenvalue weighted by atomic mass is 10.0. The molecule has 0 aliphatic rings. The first-order chi connectivity index (χ1) is 10.1. The third kappa shape index (κ3) is 2.53. The minimum atomic E-state index is -0.0362. The van der Waals surface area contributed by atoms with E-state index in [0.29, 0.717) is 10.0 Å². The standard InChI is InChI=1S/C16H15Cl2N3/c1-19-15(10-7-8-12(17)13(18)9-10)16-11-5-3-4-6-14(11)21(2)20-16/h3-9,15,19H,1-2H3. The molecule has 108 valence electrons. The van der Waals surface area contributed by atoms with Crippen molar-refractivity contribution in [3.8, 4) is 0 Å². The van der Waals surface area contributed by atoms with Crippen molar-refractivity contribution >= 4 is 34.1 Å². The Hall–Kier alpha value is -1.55. The third-order valence-corrected chi connectivity index (χ3v) is 4.36. The van der Waals surface area contributed by atoms with Gasteiger partial charge in [0, 0.05) is 12.4 Å². The Morgan fingerprint density at radius 1 is 1.10 bits per heavy atom. The van der Waals surface area contributed by atoms with Gasteiger partial charge < -0.3 is 5.32 Å². The van der Waals surface area contributed by atoms with Gasteiger partial charge in [-0.2, -0.15) is 5.10 Å². The Labute approximate surface area is 133 Å². The second-order valence-corrected chi connectivity index (χ2v) is 5.74. The van der Waals surface area contributed by atoms with Gasteiger partial charge in [-0.05, 0) is 30.8 Å². The van der Waals surface area contributed by atoms with Crippen LogP contribution >= 0.6 is 23.2 Å². The Morgan fingerprint density at radius 3 is 2.57 bits per heavy atom. The lowest BCUT2D eigenvalue weighted by Gasteiger charge is -2.15. The van der Waals surface area contributed by atoms with E-state index >= 15 is 0 Å². The first-order valence-corrected chi connectivity index (χ1v) is 7.41. The van der Waals surface area contributed by atoms with Gasteiger partial charge in [0.15, 0.2) is 0 Å². The largest absolute Gasteiger partial charge is 0.308 e. The summed E-state index contributed by atoms with van der Waals surface area (Å²) in [6.45, 7) is 0. The molecule has 3 aromatic rings. The number of nitrogens with zero attached hydrogens (tertiary/aromatic N) is 2. The van der Waals surface area contributed by atoms with Gasteiger partial charge in [-0.25, -0.2) is 0 Å². The molecule has 0 saturated carbocycles. The van der Waals surface area contributed by atoms with E-state index in [-0.39, 0.29) is 6.04 Å². The fourth-order valence-electron chi connectivity index (χ4n) is 2.61. The first kappa shape index (κ1) is 14.4. The fraction of sp³-hybridized carbons (Fsp3) is 0.188. The molecular weight excluding hydrogens is 305 g/mol. The first-order valence-electron chi connectivity index (χ1n) is 6.65. The maximum Gasteiger partial charge on any atom is 0.0917 e. The lowest BCUT2D eigenvalue weighted by molar-refractivity contribution is 0.648. The number of rotatable bonds is 3. The molecule has 21 heavy (non-hydrogen) atoms. The average molecular weight is 320 g/mol. The number of hydrogen-bond acceptors (Lipinski definition) is 2. The van der Waals surface area contributed by atoms with Crippen LogP contribution in [0.4, 0.5) is 0 Å². The smallest absolute Gasteiger partial charge is 0.0917 e. The summed E-state index contributed by atoms with van der Waals surface area (Å²) in [5, 5.41) is 10.2. The van der Waals surface area contributed by atoms with E-state index in [9.17, 15) is 0 Å². The molecule has 5 heteroatoms. The van der Waals surface area contributed by atoms with Gasteiger partial charge in [-0.1, -0.05) is 47.5 Å². The topological polar surface area (TPSA) is 29.9 Å². The maximum atomic E-state index is 6.14. The predicted molar refractivity (Wildman–Crippen MR) is 88.1 cm³/mol. The highest BCUT2D eigenvalue weighted by molar-refractivity contribution is 6.42. The molecule has 0 radical (unpaired) electrons. The van der Waals surface area contributed by atoms with Crippen molar-refractivity contribution in [2.75, 3.05) is 7.05 Å². The number of halogens is 2. The molecule has 1 aromatic heterocycles. The Kier molecular flexibility index (Phi) is 3.89. The number of fused-ring (bicyclic) bond motifs is 1. The Bertz CT molecular complexity index is 795. The monoisotopic (exact) mass is 319 g/mol. The van der Waals surface area contributed by atoms with E-state index in [4.69, 9.17) is 23.2 Å². The quantitative estimate of drug-likeness (QED) is 0.784. The van der Waals surface area contributed by atoms with Gasteiger partial charge in [-0.3, -0.25) is 4.68 Å². The molecule has 3 rings (SSSR count). The number of aromatic nitrogens is 2. The summed E-state index contributed by atoms with van der Waals surface area (Å²) >= 11 is 12.1. The highest BCUT2D eigenvalue weighted by Crippen LogP contribution is 2.31. The zero-order chi connectivity index (χ0) is 15.0. The second kappa shape index (κ2) is 5.68. The van der Waals surface area contributed by atoms with Crippen LogP contribution in [0, 0.1) is 0 Å². The van der Waals surface area contributed by atoms with Crippen LogP contribution in [-0.4, -0.2) is 16.8 Å². The minimum Gasteiger partial charge on any atom is -0.308 e. The van der Waals surface area contributed by atoms with Gasteiger partial charge in [0.05, 0.1) is 27.3 Å². The number of para-hydroxylation sites is 1. The summed E-state index contributed by atoms with van der Waals surface area (Å²) in [6.07, 6.45) is 0. The van der Waals surface area contributed by atoms with Gasteiger partial charge in [0.25, 0.3) is 0 Å². The molecule has 0 aliphatic heterocycles. The Balaban J connectivity index is 2.16. The molecule has 1 N–H and O–H groups in total. The zero-order valence-corrected chi connectivity index (χ0v) is 13.3. The normalized spacial score (nSPS) is 12.8. The van der Waals surface area contributed by atoms with Crippen LogP contribution in [0.15, 0.2) is 42.5 Å². The Morgan fingerprint density at radius 2 is 1.86 bits per heavy atom. The van der Waals surface area contributed by atoms with Crippen LogP contribution < -0.4 is 5.32 Å². The van der Waals surface area contributed by atoms with E-state index in [1.54, 1.807) is 0 Å². The summed E-state index contributed by atoms with van der Waals surface area (Å²) in [7, 11) is 3.87. The number of hydrogen-bond donors (Lipinski definition) is 1. The molecule has 0 saturated heterocycles. The molecule has 2 aromatic carbocycles. The maximum absolute atomic E-state index is 6.14. The van der Waals surface area contributed by atoms with Crippen molar-refractivity contribution in [3.63, 3.8) is 0 Å². The summed E-state index contributed by atoms with van der Waals surface area (Å²) in [6, 6.07) is 13.8. The van der Waals surface area contributed by atoms with E-state index in [1.807, 2.05) is 49.1 Å². The van der Waals surface area contributed by atoms with Crippen LogP contribution in [0.3, 0.4) is 0 Å². The van der Waals surface area contributed by atoms with Gasteiger partial charge >= 0.3 is 0 Å². The summed E-state index contributed by atoms with van der Waals surface area (Å²) in [5.74, 6) is 0. The number of nitrogens with one attached hydrogen (secondary N) is 1. The average Bonchev–Trinajstić information content (AvgIpc) is 2.82. The molecule has 0 fully saturated rings. The summed E-state index contributed by atoms with van der Waals surface area (Å²) < 4.78 is 1.90. The van der Waals surface area contributed by atoms with Gasteiger partial charge in [-0.15, -0.1) is 0 Å². The minimum absolute atomic E-state index is 0.0362. The van der Waals surface area contributed by atoms with Crippen LogP contribution in [0.2, 0.25) is 10.0 Å². The third-order valence-electron chi connectivity index (χ3n) is 3.63. The molecule has 0 amide bonds. The molecular formula is C16H15Cl2N3. The van der Waals surface area contributed by atoms with Gasteiger partial charge in [0.2, 0.25) is 0 Å². The molecule has 0 bridgehead atoms. The van der Waals surface area contributed by atoms with Crippen molar-refractivity contribution in [1.82, 2.24) is 15.1 Å². The van der Waals surface area contributed by atoms with Crippen molar-refractivity contribution in [1.29, 1.82) is 0 Å². The van der Waals surface area contributed by atoms with Crippen LogP contribution in [0.25, 0.3) is 10.9 Å². The van der Waals surface area contributed by atoms with Crippen molar-refractivity contribution in [2.24, 2.45) is 7.05 Å². The highest BCUT2D eigenvalue weighted by atomic mass is 35.5. The van der Waals surface area contributed by atoms with Crippen LogP contribution in [0.5, 0.6) is 0 Å². The van der Waals surface area contributed by atoms with Gasteiger partial charge in [0.1, 0.15) is 0 Å². The SMILES string of the molecule is CNC(c1ccc(Cl)c(Cl)c1)c1nn(C)c2ccccc12. The van der Waals surface area contributed by atoms with Crippen LogP contribution in [0.1, 0.15) is 17.3 Å². The van der Waals surface area contributed by atoms with E-state index in [0.717, 1.165) is 22.2 Å². The second-order valence-electron chi connectivity index (χ2n) is 4.92. The predicted octanol–water partition coefficient (Wildman–Crippen LogP) is 4.19. The molecule has 1 heterocycles. The molecule has 0 spiro atoms. The molecule has 1 unspecified atom stereocenters.